The molecule has 124 valence electrons. The van der Waals surface area contributed by atoms with Crippen molar-refractivity contribution in [1.29, 1.82) is 0 Å². The second kappa shape index (κ2) is 9.77. The quantitative estimate of drug-likeness (QED) is 0.833. The average Bonchev–Trinajstić information content (AvgIpc) is 2.49. The largest absolute Gasteiger partial charge is 0.354 e. The minimum atomic E-state index is 0. The number of rotatable bonds is 6. The number of nitrogens with two attached hydrogens (primary N) is 1. The molecular weight excluding hydrogens is 300 g/mol. The Kier molecular flexibility index (Phi) is 8.38. The van der Waals surface area contributed by atoms with E-state index in [0.717, 1.165) is 25.2 Å². The number of aromatic nitrogens is 1. The van der Waals surface area contributed by atoms with E-state index in [1.54, 1.807) is 0 Å². The normalized spacial score (nSPS) is 18.5. The summed E-state index contributed by atoms with van der Waals surface area (Å²) in [6.07, 6.45) is 5.85. The van der Waals surface area contributed by atoms with Crippen molar-refractivity contribution in [2.24, 2.45) is 5.73 Å². The molecular formula is C16H27ClN4O. The van der Waals surface area contributed by atoms with Gasteiger partial charge in [0.05, 0.1) is 5.69 Å². The molecule has 2 heterocycles. The number of aryl methyl sites for hydroxylation is 1. The molecule has 0 bridgehead atoms. The summed E-state index contributed by atoms with van der Waals surface area (Å²) >= 11 is 0. The highest BCUT2D eigenvalue weighted by atomic mass is 35.5. The summed E-state index contributed by atoms with van der Waals surface area (Å²) in [7, 11) is 0. The molecule has 3 N–H and O–H groups in total. The van der Waals surface area contributed by atoms with Crippen LogP contribution in [0.15, 0.2) is 18.3 Å². The van der Waals surface area contributed by atoms with E-state index in [1.807, 2.05) is 12.3 Å². The Balaban J connectivity index is 0.00000242. The third-order valence-corrected chi connectivity index (χ3v) is 4.13. The zero-order chi connectivity index (χ0) is 15.1. The molecule has 22 heavy (non-hydrogen) atoms. The van der Waals surface area contributed by atoms with Gasteiger partial charge in [0.1, 0.15) is 0 Å². The summed E-state index contributed by atoms with van der Waals surface area (Å²) in [6, 6.07) is 4.48. The van der Waals surface area contributed by atoms with Crippen molar-refractivity contribution in [3.05, 3.63) is 29.6 Å². The van der Waals surface area contributed by atoms with Crippen LogP contribution in [0.3, 0.4) is 0 Å². The van der Waals surface area contributed by atoms with E-state index < -0.39 is 0 Å². The fourth-order valence-corrected chi connectivity index (χ4v) is 2.83. The number of hydrogen-bond donors (Lipinski definition) is 2. The molecule has 1 atom stereocenters. The Bertz CT molecular complexity index is 469. The molecule has 1 fully saturated rings. The molecule has 5 nitrogen and oxygen atoms in total. The highest BCUT2D eigenvalue weighted by Crippen LogP contribution is 2.19. The second-order valence-corrected chi connectivity index (χ2v) is 5.73. The van der Waals surface area contributed by atoms with E-state index in [4.69, 9.17) is 5.73 Å². The molecule has 1 aliphatic rings. The molecule has 1 amide bonds. The van der Waals surface area contributed by atoms with E-state index in [2.05, 4.69) is 28.2 Å². The zero-order valence-electron chi connectivity index (χ0n) is 13.3. The highest BCUT2D eigenvalue weighted by molar-refractivity contribution is 5.85. The van der Waals surface area contributed by atoms with Gasteiger partial charge in [-0.25, -0.2) is 0 Å². The van der Waals surface area contributed by atoms with Gasteiger partial charge >= 0.3 is 0 Å². The summed E-state index contributed by atoms with van der Waals surface area (Å²) in [5.74, 6) is 0.0528. The minimum Gasteiger partial charge on any atom is -0.354 e. The predicted octanol–water partition coefficient (Wildman–Crippen LogP) is 1.63. The van der Waals surface area contributed by atoms with Gasteiger partial charge in [0.15, 0.2) is 0 Å². The first-order chi connectivity index (χ1) is 10.2. The fourth-order valence-electron chi connectivity index (χ4n) is 2.83. The molecule has 0 saturated carbocycles. The van der Waals surface area contributed by atoms with Gasteiger partial charge in [-0.1, -0.05) is 12.5 Å². The van der Waals surface area contributed by atoms with Crippen molar-refractivity contribution in [3.8, 4) is 0 Å². The van der Waals surface area contributed by atoms with E-state index >= 15 is 0 Å². The van der Waals surface area contributed by atoms with Crippen LogP contribution in [-0.2, 0) is 11.3 Å². The van der Waals surface area contributed by atoms with Crippen LogP contribution in [0.4, 0.5) is 0 Å². The van der Waals surface area contributed by atoms with Gasteiger partial charge < -0.3 is 11.1 Å². The van der Waals surface area contributed by atoms with Gasteiger partial charge in [-0.2, -0.15) is 0 Å². The number of carbonyl (C=O) groups is 1. The first kappa shape index (κ1) is 18.9. The molecule has 1 aromatic rings. The third kappa shape index (κ3) is 5.55. The number of amides is 1. The molecule has 1 unspecified atom stereocenters. The Morgan fingerprint density at radius 1 is 1.50 bits per heavy atom. The van der Waals surface area contributed by atoms with Crippen LogP contribution in [0.25, 0.3) is 0 Å². The Morgan fingerprint density at radius 2 is 2.32 bits per heavy atom. The maximum atomic E-state index is 11.6. The van der Waals surface area contributed by atoms with Crippen LogP contribution in [0.5, 0.6) is 0 Å². The number of nitrogens with one attached hydrogen (secondary N) is 1. The molecule has 1 aromatic heterocycles. The van der Waals surface area contributed by atoms with Gasteiger partial charge in [0.2, 0.25) is 5.91 Å². The average molecular weight is 327 g/mol. The molecule has 0 radical (unpaired) electrons. The monoisotopic (exact) mass is 326 g/mol. The van der Waals surface area contributed by atoms with Crippen LogP contribution < -0.4 is 11.1 Å². The van der Waals surface area contributed by atoms with Crippen molar-refractivity contribution < 1.29 is 4.79 Å². The van der Waals surface area contributed by atoms with Crippen molar-refractivity contribution in [2.45, 2.75) is 45.2 Å². The van der Waals surface area contributed by atoms with E-state index in [9.17, 15) is 4.79 Å². The summed E-state index contributed by atoms with van der Waals surface area (Å²) in [5, 5.41) is 3.00. The Morgan fingerprint density at radius 3 is 3.05 bits per heavy atom. The summed E-state index contributed by atoms with van der Waals surface area (Å²) in [4.78, 5) is 18.5. The summed E-state index contributed by atoms with van der Waals surface area (Å²) in [5.41, 5.74) is 7.77. The maximum absolute atomic E-state index is 11.6. The fraction of sp³-hybridized carbons (Fsp3) is 0.625. The van der Waals surface area contributed by atoms with Gasteiger partial charge in [0.25, 0.3) is 0 Å². The van der Waals surface area contributed by atoms with Crippen LogP contribution >= 0.6 is 12.4 Å². The smallest absolute Gasteiger partial charge is 0.221 e. The standard InChI is InChI=1S/C16H26N4O.ClH/c1-13-5-4-9-18-15(13)12-20-10-3-2-6-14(20)11-19-16(21)7-8-17;/h4-5,9,14H,2-3,6-8,10-12,17H2,1H3,(H,19,21);1H. The number of nitrogens with zero attached hydrogens (tertiary/aromatic N) is 2. The summed E-state index contributed by atoms with van der Waals surface area (Å²) < 4.78 is 0. The minimum absolute atomic E-state index is 0. The van der Waals surface area contributed by atoms with Crippen molar-refractivity contribution in [1.82, 2.24) is 15.2 Å². The Hall–Kier alpha value is -1.17. The predicted molar refractivity (Wildman–Crippen MR) is 91.0 cm³/mol. The van der Waals surface area contributed by atoms with Gasteiger partial charge in [-0.15, -0.1) is 12.4 Å². The zero-order valence-corrected chi connectivity index (χ0v) is 14.1. The number of halogens is 1. The van der Waals surface area contributed by atoms with E-state index in [0.29, 0.717) is 25.6 Å². The lowest BCUT2D eigenvalue weighted by molar-refractivity contribution is -0.121. The first-order valence-electron chi connectivity index (χ1n) is 7.82. The SMILES string of the molecule is Cc1cccnc1CN1CCCCC1CNC(=O)CCN.Cl. The molecule has 0 aromatic carbocycles. The molecule has 1 aliphatic heterocycles. The molecule has 6 heteroatoms. The lowest BCUT2D eigenvalue weighted by atomic mass is 10.0. The van der Waals surface area contributed by atoms with Crippen LogP contribution in [-0.4, -0.2) is 41.5 Å². The van der Waals surface area contributed by atoms with Crippen LogP contribution in [0, 0.1) is 6.92 Å². The van der Waals surface area contributed by atoms with E-state index in [1.165, 1.54) is 18.4 Å². The van der Waals surface area contributed by atoms with Crippen LogP contribution in [0.2, 0.25) is 0 Å². The van der Waals surface area contributed by atoms with Gasteiger partial charge in [-0.05, 0) is 37.9 Å². The number of likely N-dealkylation sites (tertiary alicyclic amines) is 1. The van der Waals surface area contributed by atoms with Crippen molar-refractivity contribution in [2.75, 3.05) is 19.6 Å². The first-order valence-corrected chi connectivity index (χ1v) is 7.82. The topological polar surface area (TPSA) is 71.2 Å². The highest BCUT2D eigenvalue weighted by Gasteiger charge is 2.23. The van der Waals surface area contributed by atoms with Crippen molar-refractivity contribution in [3.63, 3.8) is 0 Å². The number of carbonyl (C=O) groups excluding carboxylic acids is 1. The maximum Gasteiger partial charge on any atom is 0.221 e. The number of pyridine rings is 1. The van der Waals surface area contributed by atoms with E-state index in [-0.39, 0.29) is 18.3 Å². The lowest BCUT2D eigenvalue weighted by Crippen LogP contribution is -2.46. The number of piperidine rings is 1. The molecule has 0 aliphatic carbocycles. The van der Waals surface area contributed by atoms with Crippen molar-refractivity contribution >= 4 is 18.3 Å². The van der Waals surface area contributed by atoms with Gasteiger partial charge in [0, 0.05) is 38.3 Å². The molecule has 2 rings (SSSR count). The Labute approximate surface area is 139 Å². The van der Waals surface area contributed by atoms with Gasteiger partial charge in [-0.3, -0.25) is 14.7 Å². The third-order valence-electron chi connectivity index (χ3n) is 4.13. The summed E-state index contributed by atoms with van der Waals surface area (Å²) in [6.45, 7) is 5.17. The lowest BCUT2D eigenvalue weighted by Gasteiger charge is -2.35. The second-order valence-electron chi connectivity index (χ2n) is 5.73. The number of hydrogen-bond acceptors (Lipinski definition) is 4. The van der Waals surface area contributed by atoms with Crippen LogP contribution in [0.1, 0.15) is 36.9 Å². The molecule has 1 saturated heterocycles. The molecule has 0 spiro atoms.